The third-order valence-electron chi connectivity index (χ3n) is 4.77. The average molecular weight is 342 g/mol. The first-order valence-electron chi connectivity index (χ1n) is 8.74. The first kappa shape index (κ1) is 18.3. The van der Waals surface area contributed by atoms with Gasteiger partial charge in [-0.1, -0.05) is 19.9 Å². The Morgan fingerprint density at radius 2 is 1.96 bits per heavy atom. The molecule has 23 heavy (non-hydrogen) atoms. The van der Waals surface area contributed by atoms with Gasteiger partial charge in [0, 0.05) is 19.1 Å². The summed E-state index contributed by atoms with van der Waals surface area (Å²) in [6, 6.07) is 0.442. The Kier molecular flexibility index (Phi) is 6.50. The molecule has 3 atom stereocenters. The van der Waals surface area contributed by atoms with Crippen LogP contribution < -0.4 is 10.6 Å². The summed E-state index contributed by atoms with van der Waals surface area (Å²) in [4.78, 5) is 4.64. The quantitative estimate of drug-likeness (QED) is 0.456. The Labute approximate surface area is 140 Å². The van der Waals surface area contributed by atoms with Crippen LogP contribution in [0.5, 0.6) is 0 Å². The number of hydrogen-bond acceptors (Lipinski definition) is 3. The first-order valence-corrected chi connectivity index (χ1v) is 10.6. The number of hydrogen-bond donors (Lipinski definition) is 2. The molecule has 6 heteroatoms. The van der Waals surface area contributed by atoms with E-state index in [1.165, 1.54) is 6.42 Å². The molecule has 2 fully saturated rings. The molecule has 1 saturated carbocycles. The summed E-state index contributed by atoms with van der Waals surface area (Å²) in [6.45, 7) is 9.58. The minimum absolute atomic E-state index is 0.159. The zero-order valence-electron chi connectivity index (χ0n) is 14.4. The van der Waals surface area contributed by atoms with Gasteiger partial charge in [-0.15, -0.1) is 6.58 Å². The molecule has 3 unspecified atom stereocenters. The van der Waals surface area contributed by atoms with E-state index in [9.17, 15) is 8.42 Å². The normalized spacial score (nSPS) is 34.1. The minimum atomic E-state index is -2.83. The van der Waals surface area contributed by atoms with Gasteiger partial charge in [0.2, 0.25) is 0 Å². The van der Waals surface area contributed by atoms with Crippen LogP contribution in [0.3, 0.4) is 0 Å². The van der Waals surface area contributed by atoms with Crippen molar-refractivity contribution in [3.63, 3.8) is 0 Å². The molecular weight excluding hydrogens is 310 g/mol. The maximum absolute atomic E-state index is 11.6. The van der Waals surface area contributed by atoms with E-state index in [1.807, 2.05) is 6.08 Å². The molecular formula is C17H31N3O2S. The molecule has 0 bridgehead atoms. The van der Waals surface area contributed by atoms with Crippen molar-refractivity contribution in [2.45, 2.75) is 45.6 Å². The van der Waals surface area contributed by atoms with Crippen LogP contribution in [0.15, 0.2) is 17.6 Å². The van der Waals surface area contributed by atoms with E-state index in [2.05, 4.69) is 36.1 Å². The summed E-state index contributed by atoms with van der Waals surface area (Å²) >= 11 is 0. The summed E-state index contributed by atoms with van der Waals surface area (Å²) in [5, 5.41) is 6.80. The third-order valence-corrected chi connectivity index (χ3v) is 6.60. The predicted molar refractivity (Wildman–Crippen MR) is 96.4 cm³/mol. The maximum Gasteiger partial charge on any atom is 0.191 e. The van der Waals surface area contributed by atoms with E-state index >= 15 is 0 Å². The lowest BCUT2D eigenvalue weighted by Crippen LogP contribution is -2.46. The maximum atomic E-state index is 11.6. The lowest BCUT2D eigenvalue weighted by molar-refractivity contribution is 0.255. The molecule has 2 aliphatic rings. The van der Waals surface area contributed by atoms with Gasteiger partial charge in [-0.05, 0) is 43.4 Å². The molecule has 1 saturated heterocycles. The highest BCUT2D eigenvalue weighted by atomic mass is 32.2. The van der Waals surface area contributed by atoms with Crippen LogP contribution in [0.2, 0.25) is 0 Å². The molecule has 1 aliphatic heterocycles. The molecule has 0 amide bonds. The smallest absolute Gasteiger partial charge is 0.191 e. The SMILES string of the molecule is C=CCNC(=NCC1CCS(=O)(=O)C1)NC1CC(C)CC(C)C1. The fourth-order valence-corrected chi connectivity index (χ4v) is 5.67. The second kappa shape index (κ2) is 8.18. The molecule has 1 heterocycles. The molecule has 0 aromatic heterocycles. The van der Waals surface area contributed by atoms with Crippen molar-refractivity contribution < 1.29 is 8.42 Å². The van der Waals surface area contributed by atoms with Crippen LogP contribution in [0.4, 0.5) is 0 Å². The van der Waals surface area contributed by atoms with Crippen LogP contribution in [-0.4, -0.2) is 45.0 Å². The molecule has 0 radical (unpaired) electrons. The lowest BCUT2D eigenvalue weighted by atomic mass is 9.80. The highest BCUT2D eigenvalue weighted by Crippen LogP contribution is 2.28. The van der Waals surface area contributed by atoms with E-state index in [1.54, 1.807) is 0 Å². The monoisotopic (exact) mass is 341 g/mol. The van der Waals surface area contributed by atoms with E-state index in [0.717, 1.165) is 37.1 Å². The van der Waals surface area contributed by atoms with Crippen molar-refractivity contribution >= 4 is 15.8 Å². The van der Waals surface area contributed by atoms with E-state index in [4.69, 9.17) is 0 Å². The van der Waals surface area contributed by atoms with Crippen molar-refractivity contribution in [3.8, 4) is 0 Å². The largest absolute Gasteiger partial charge is 0.354 e. The Hall–Kier alpha value is -1.04. The summed E-state index contributed by atoms with van der Waals surface area (Å²) in [7, 11) is -2.83. The van der Waals surface area contributed by atoms with Crippen LogP contribution in [0.1, 0.15) is 39.5 Å². The summed E-state index contributed by atoms with van der Waals surface area (Å²) in [5.74, 6) is 3.01. The van der Waals surface area contributed by atoms with Gasteiger partial charge >= 0.3 is 0 Å². The summed E-state index contributed by atoms with van der Waals surface area (Å²) in [6.07, 6.45) is 6.17. The van der Waals surface area contributed by atoms with Gasteiger partial charge < -0.3 is 10.6 Å². The molecule has 2 N–H and O–H groups in total. The number of guanidine groups is 1. The van der Waals surface area contributed by atoms with Gasteiger partial charge in [0.25, 0.3) is 0 Å². The van der Waals surface area contributed by atoms with E-state index in [-0.39, 0.29) is 11.7 Å². The van der Waals surface area contributed by atoms with Gasteiger partial charge in [-0.25, -0.2) is 8.42 Å². The Morgan fingerprint density at radius 1 is 1.26 bits per heavy atom. The third kappa shape index (κ3) is 6.16. The van der Waals surface area contributed by atoms with E-state index < -0.39 is 9.84 Å². The van der Waals surface area contributed by atoms with Crippen LogP contribution >= 0.6 is 0 Å². The standard InChI is InChI=1S/C17H31N3O2S/c1-4-6-18-17(19-11-15-5-7-23(21,22)12-15)20-16-9-13(2)8-14(3)10-16/h4,13-16H,1,5-12H2,2-3H3,(H2,18,19,20). The predicted octanol–water partition coefficient (Wildman–Crippen LogP) is 1.97. The summed E-state index contributed by atoms with van der Waals surface area (Å²) in [5.41, 5.74) is 0. The number of nitrogens with one attached hydrogen (secondary N) is 2. The zero-order valence-corrected chi connectivity index (χ0v) is 15.2. The molecule has 2 rings (SSSR count). The topological polar surface area (TPSA) is 70.6 Å². The van der Waals surface area contributed by atoms with Crippen LogP contribution in [0, 0.1) is 17.8 Å². The van der Waals surface area contributed by atoms with E-state index in [0.29, 0.717) is 24.9 Å². The first-order chi connectivity index (χ1) is 10.9. The van der Waals surface area contributed by atoms with Gasteiger partial charge in [0.15, 0.2) is 15.8 Å². The van der Waals surface area contributed by atoms with Gasteiger partial charge in [0.1, 0.15) is 0 Å². The van der Waals surface area contributed by atoms with Gasteiger partial charge in [-0.3, -0.25) is 4.99 Å². The number of sulfone groups is 1. The van der Waals surface area contributed by atoms with Gasteiger partial charge in [-0.2, -0.15) is 0 Å². The number of nitrogens with zero attached hydrogens (tertiary/aromatic N) is 1. The highest BCUT2D eigenvalue weighted by Gasteiger charge is 2.28. The Morgan fingerprint density at radius 3 is 2.52 bits per heavy atom. The number of aliphatic imine (C=N–C) groups is 1. The van der Waals surface area contributed by atoms with Crippen LogP contribution in [0.25, 0.3) is 0 Å². The molecule has 5 nitrogen and oxygen atoms in total. The molecule has 0 aromatic rings. The number of rotatable bonds is 5. The fourth-order valence-electron chi connectivity index (χ4n) is 3.82. The second-order valence-electron chi connectivity index (χ2n) is 7.39. The lowest BCUT2D eigenvalue weighted by Gasteiger charge is -2.33. The van der Waals surface area contributed by atoms with Crippen molar-refractivity contribution in [1.82, 2.24) is 10.6 Å². The fraction of sp³-hybridized carbons (Fsp3) is 0.824. The van der Waals surface area contributed by atoms with Crippen LogP contribution in [-0.2, 0) is 9.84 Å². The molecule has 132 valence electrons. The molecule has 0 aromatic carbocycles. The highest BCUT2D eigenvalue weighted by molar-refractivity contribution is 7.91. The van der Waals surface area contributed by atoms with Crippen molar-refractivity contribution in [2.75, 3.05) is 24.6 Å². The average Bonchev–Trinajstić information content (AvgIpc) is 2.80. The summed E-state index contributed by atoms with van der Waals surface area (Å²) < 4.78 is 23.1. The minimum Gasteiger partial charge on any atom is -0.354 e. The van der Waals surface area contributed by atoms with Crippen molar-refractivity contribution in [1.29, 1.82) is 0 Å². The Balaban J connectivity index is 1.93. The second-order valence-corrected chi connectivity index (χ2v) is 9.62. The zero-order chi connectivity index (χ0) is 16.9. The molecule has 0 spiro atoms. The van der Waals surface area contributed by atoms with Crippen molar-refractivity contribution in [3.05, 3.63) is 12.7 Å². The van der Waals surface area contributed by atoms with Gasteiger partial charge in [0.05, 0.1) is 11.5 Å². The Bertz CT molecular complexity index is 520. The molecule has 1 aliphatic carbocycles. The van der Waals surface area contributed by atoms with Crippen molar-refractivity contribution in [2.24, 2.45) is 22.7 Å².